The van der Waals surface area contributed by atoms with Crippen LogP contribution >= 0.6 is 11.3 Å². The van der Waals surface area contributed by atoms with Crippen molar-refractivity contribution < 1.29 is 9.53 Å². The van der Waals surface area contributed by atoms with Gasteiger partial charge >= 0.3 is 0 Å². The molecule has 0 spiro atoms. The predicted octanol–water partition coefficient (Wildman–Crippen LogP) is 1.61. The molecule has 2 aliphatic rings. The van der Waals surface area contributed by atoms with E-state index in [1.807, 2.05) is 30.6 Å². The standard InChI is InChI=1S/C18H22N4O2S/c1-13-16(25-12-21-13)8-22-7-14-9-24-11-18(14,10-22)17(23)20-6-15-4-2-3-5-19-15/h2-5,12,14H,6-11H2,1H3,(H,20,23)/t14-,18-/m1/s1. The number of likely N-dealkylation sites (tertiary alicyclic amines) is 1. The second-order valence-corrected chi connectivity index (χ2v) is 7.84. The first-order chi connectivity index (χ1) is 12.2. The minimum atomic E-state index is -0.437. The summed E-state index contributed by atoms with van der Waals surface area (Å²) in [7, 11) is 0. The van der Waals surface area contributed by atoms with Gasteiger partial charge in [-0.15, -0.1) is 11.3 Å². The van der Waals surface area contributed by atoms with Gasteiger partial charge in [0, 0.05) is 36.6 Å². The Balaban J connectivity index is 1.43. The number of pyridine rings is 1. The zero-order valence-electron chi connectivity index (χ0n) is 14.3. The molecule has 6 nitrogen and oxygen atoms in total. The molecule has 0 saturated carbocycles. The summed E-state index contributed by atoms with van der Waals surface area (Å²) in [5.41, 5.74) is 3.41. The van der Waals surface area contributed by atoms with E-state index in [1.54, 1.807) is 17.5 Å². The first-order valence-corrected chi connectivity index (χ1v) is 9.42. The Morgan fingerprint density at radius 3 is 3.16 bits per heavy atom. The van der Waals surface area contributed by atoms with Crippen LogP contribution in [-0.4, -0.2) is 47.1 Å². The van der Waals surface area contributed by atoms with Crippen molar-refractivity contribution in [1.82, 2.24) is 20.2 Å². The molecule has 7 heteroatoms. The number of hydrogen-bond donors (Lipinski definition) is 1. The fourth-order valence-corrected chi connectivity index (χ4v) is 4.63. The molecule has 4 rings (SSSR count). The maximum atomic E-state index is 13.0. The molecule has 1 N–H and O–H groups in total. The summed E-state index contributed by atoms with van der Waals surface area (Å²) in [6.45, 7) is 6.17. The number of rotatable bonds is 5. The number of aryl methyl sites for hydroxylation is 1. The number of nitrogens with zero attached hydrogens (tertiary/aromatic N) is 3. The number of thiazole rings is 1. The molecule has 0 bridgehead atoms. The van der Waals surface area contributed by atoms with Crippen LogP contribution in [0.25, 0.3) is 0 Å². The van der Waals surface area contributed by atoms with Gasteiger partial charge in [0.05, 0.1) is 42.1 Å². The largest absolute Gasteiger partial charge is 0.380 e. The minimum Gasteiger partial charge on any atom is -0.380 e. The number of hydrogen-bond acceptors (Lipinski definition) is 6. The number of nitrogens with one attached hydrogen (secondary N) is 1. The second-order valence-electron chi connectivity index (χ2n) is 6.90. The number of carbonyl (C=O) groups is 1. The third kappa shape index (κ3) is 3.19. The predicted molar refractivity (Wildman–Crippen MR) is 95.0 cm³/mol. The lowest BCUT2D eigenvalue weighted by molar-refractivity contribution is -0.131. The van der Waals surface area contributed by atoms with Crippen LogP contribution < -0.4 is 5.32 Å². The maximum Gasteiger partial charge on any atom is 0.230 e. The Morgan fingerprint density at radius 2 is 2.40 bits per heavy atom. The normalized spacial score (nSPS) is 25.9. The summed E-state index contributed by atoms with van der Waals surface area (Å²) in [6.07, 6.45) is 1.75. The highest BCUT2D eigenvalue weighted by Gasteiger charge is 2.55. The van der Waals surface area contributed by atoms with E-state index in [0.717, 1.165) is 31.0 Å². The lowest BCUT2D eigenvalue weighted by atomic mass is 9.80. The van der Waals surface area contributed by atoms with Gasteiger partial charge in [0.2, 0.25) is 5.91 Å². The van der Waals surface area contributed by atoms with Gasteiger partial charge in [0.1, 0.15) is 0 Å². The third-order valence-corrected chi connectivity index (χ3v) is 6.18. The molecule has 0 radical (unpaired) electrons. The molecule has 4 heterocycles. The van der Waals surface area contributed by atoms with Crippen molar-refractivity contribution in [3.63, 3.8) is 0 Å². The minimum absolute atomic E-state index is 0.0872. The number of carbonyl (C=O) groups excluding carboxylic acids is 1. The van der Waals surface area contributed by atoms with Gasteiger partial charge in [-0.1, -0.05) is 6.07 Å². The number of amides is 1. The summed E-state index contributed by atoms with van der Waals surface area (Å²) >= 11 is 1.69. The fraction of sp³-hybridized carbons (Fsp3) is 0.500. The summed E-state index contributed by atoms with van der Waals surface area (Å²) in [5, 5.41) is 3.08. The molecule has 1 amide bonds. The molecule has 2 aliphatic heterocycles. The van der Waals surface area contributed by atoms with Crippen LogP contribution in [0.2, 0.25) is 0 Å². The van der Waals surface area contributed by atoms with Crippen molar-refractivity contribution in [3.8, 4) is 0 Å². The van der Waals surface area contributed by atoms with Crippen LogP contribution in [0.1, 0.15) is 16.3 Å². The average molecular weight is 358 g/mol. The highest BCUT2D eigenvalue weighted by atomic mass is 32.1. The quantitative estimate of drug-likeness (QED) is 0.880. The summed E-state index contributed by atoms with van der Waals surface area (Å²) in [4.78, 5) is 25.2. The Bertz CT molecular complexity index is 751. The van der Waals surface area contributed by atoms with Crippen LogP contribution in [-0.2, 0) is 22.6 Å². The molecule has 25 heavy (non-hydrogen) atoms. The summed E-state index contributed by atoms with van der Waals surface area (Å²) < 4.78 is 5.68. The maximum absolute atomic E-state index is 13.0. The monoisotopic (exact) mass is 358 g/mol. The molecule has 0 aromatic carbocycles. The Labute approximate surface area is 151 Å². The molecule has 2 fully saturated rings. The van der Waals surface area contributed by atoms with Crippen LogP contribution in [0, 0.1) is 18.3 Å². The molecule has 2 saturated heterocycles. The zero-order chi connectivity index (χ0) is 17.3. The second kappa shape index (κ2) is 6.82. The lowest BCUT2D eigenvalue weighted by Gasteiger charge is -2.26. The molecule has 2 atom stereocenters. The van der Waals surface area contributed by atoms with Crippen molar-refractivity contribution in [1.29, 1.82) is 0 Å². The molecular formula is C18H22N4O2S. The van der Waals surface area contributed by atoms with Gasteiger partial charge in [-0.2, -0.15) is 0 Å². The van der Waals surface area contributed by atoms with E-state index in [-0.39, 0.29) is 11.8 Å². The topological polar surface area (TPSA) is 67.4 Å². The van der Waals surface area contributed by atoms with Crippen molar-refractivity contribution in [3.05, 3.63) is 46.2 Å². The highest BCUT2D eigenvalue weighted by Crippen LogP contribution is 2.42. The fourth-order valence-electron chi connectivity index (χ4n) is 3.81. The van der Waals surface area contributed by atoms with Gasteiger partial charge in [0.25, 0.3) is 0 Å². The van der Waals surface area contributed by atoms with E-state index in [4.69, 9.17) is 4.74 Å². The number of ether oxygens (including phenoxy) is 1. The zero-order valence-corrected chi connectivity index (χ0v) is 15.1. The summed E-state index contributed by atoms with van der Waals surface area (Å²) in [5.74, 6) is 0.341. The Kier molecular flexibility index (Phi) is 4.54. The lowest BCUT2D eigenvalue weighted by Crippen LogP contribution is -2.46. The molecule has 132 valence electrons. The molecular weight excluding hydrogens is 336 g/mol. The third-order valence-electron chi connectivity index (χ3n) is 5.26. The molecule has 0 unspecified atom stereocenters. The van der Waals surface area contributed by atoms with Crippen LogP contribution in [0.4, 0.5) is 0 Å². The van der Waals surface area contributed by atoms with Gasteiger partial charge in [-0.25, -0.2) is 4.98 Å². The Morgan fingerprint density at radius 1 is 1.48 bits per heavy atom. The van der Waals surface area contributed by atoms with Gasteiger partial charge in [0.15, 0.2) is 0 Å². The molecule has 0 aliphatic carbocycles. The van der Waals surface area contributed by atoms with Crippen molar-refractivity contribution in [2.75, 3.05) is 26.3 Å². The first kappa shape index (κ1) is 16.6. The van der Waals surface area contributed by atoms with E-state index in [0.29, 0.717) is 19.8 Å². The van der Waals surface area contributed by atoms with Crippen LogP contribution in [0.3, 0.4) is 0 Å². The number of aromatic nitrogens is 2. The van der Waals surface area contributed by atoms with Crippen molar-refractivity contribution >= 4 is 17.2 Å². The van der Waals surface area contributed by atoms with Crippen molar-refractivity contribution in [2.45, 2.75) is 20.0 Å². The van der Waals surface area contributed by atoms with E-state index in [2.05, 4.69) is 20.2 Å². The van der Waals surface area contributed by atoms with E-state index >= 15 is 0 Å². The van der Waals surface area contributed by atoms with E-state index in [1.165, 1.54) is 4.88 Å². The van der Waals surface area contributed by atoms with Gasteiger partial charge in [-0.3, -0.25) is 14.7 Å². The van der Waals surface area contributed by atoms with E-state index in [9.17, 15) is 4.79 Å². The van der Waals surface area contributed by atoms with Crippen molar-refractivity contribution in [2.24, 2.45) is 11.3 Å². The van der Waals surface area contributed by atoms with Gasteiger partial charge in [-0.05, 0) is 19.1 Å². The smallest absolute Gasteiger partial charge is 0.230 e. The molecule has 2 aromatic rings. The summed E-state index contributed by atoms with van der Waals surface area (Å²) in [6, 6.07) is 5.73. The van der Waals surface area contributed by atoms with E-state index < -0.39 is 5.41 Å². The first-order valence-electron chi connectivity index (χ1n) is 8.55. The van der Waals surface area contributed by atoms with Gasteiger partial charge < -0.3 is 10.1 Å². The Hall–Kier alpha value is -1.83. The van der Waals surface area contributed by atoms with Crippen LogP contribution in [0.5, 0.6) is 0 Å². The van der Waals surface area contributed by atoms with Crippen LogP contribution in [0.15, 0.2) is 29.9 Å². The average Bonchev–Trinajstić information content (AvgIpc) is 3.29. The number of fused-ring (bicyclic) bond motifs is 1. The highest BCUT2D eigenvalue weighted by molar-refractivity contribution is 7.09. The SMILES string of the molecule is Cc1ncsc1CN1C[C@@H]2COC[C@]2(C(=O)NCc2ccccn2)C1. The molecule has 2 aromatic heterocycles.